The van der Waals surface area contributed by atoms with Crippen molar-refractivity contribution in [3.8, 4) is 0 Å². The second kappa shape index (κ2) is 5.41. The molecule has 2 unspecified atom stereocenters. The van der Waals surface area contributed by atoms with Crippen LogP contribution < -0.4 is 5.32 Å². The number of carboxylic acids is 1. The maximum Gasteiger partial charge on any atom is 0.326 e. The predicted molar refractivity (Wildman–Crippen MR) is 67.4 cm³/mol. The molecule has 114 valence electrons. The number of β-amino-alcohol motifs (C(OH)–C–C–N with tert-alkyl or cyclic N) is 1. The number of rotatable bonds is 3. The third-order valence-corrected chi connectivity index (χ3v) is 3.82. The Morgan fingerprint density at radius 3 is 2.90 bits per heavy atom. The zero-order valence-corrected chi connectivity index (χ0v) is 11.2. The van der Waals surface area contributed by atoms with Crippen LogP contribution in [0.25, 0.3) is 0 Å². The highest BCUT2D eigenvalue weighted by Gasteiger charge is 2.41. The number of carboxylic acid groups (broad SMARTS) is 1. The molecule has 3 atom stereocenters. The molecule has 1 amide bonds. The van der Waals surface area contributed by atoms with Crippen LogP contribution in [-0.4, -0.2) is 62.4 Å². The lowest BCUT2D eigenvalue weighted by Gasteiger charge is -2.18. The van der Waals surface area contributed by atoms with E-state index < -0.39 is 24.0 Å². The number of carbonyl (C=O) groups is 2. The van der Waals surface area contributed by atoms with E-state index in [0.29, 0.717) is 5.89 Å². The summed E-state index contributed by atoms with van der Waals surface area (Å²) in [5.74, 6) is -1.62. The average molecular weight is 296 g/mol. The summed E-state index contributed by atoms with van der Waals surface area (Å²) in [7, 11) is 0. The summed E-state index contributed by atoms with van der Waals surface area (Å²) < 4.78 is 5.07. The summed E-state index contributed by atoms with van der Waals surface area (Å²) in [6, 6.07) is -1.11. The summed E-state index contributed by atoms with van der Waals surface area (Å²) in [5, 5.41) is 25.5. The minimum atomic E-state index is -1.15. The van der Waals surface area contributed by atoms with Gasteiger partial charge in [0.25, 0.3) is 11.7 Å². The van der Waals surface area contributed by atoms with E-state index in [1.54, 1.807) is 0 Å². The highest BCUT2D eigenvalue weighted by atomic mass is 16.5. The van der Waals surface area contributed by atoms with E-state index in [0.717, 1.165) is 24.3 Å². The van der Waals surface area contributed by atoms with Gasteiger partial charge >= 0.3 is 5.97 Å². The quantitative estimate of drug-likeness (QED) is 0.658. The van der Waals surface area contributed by atoms with Crippen LogP contribution in [0.4, 0.5) is 0 Å². The zero-order chi connectivity index (χ0) is 15.0. The Labute approximate surface area is 119 Å². The molecule has 9 heteroatoms. The fraction of sp³-hybridized carbons (Fsp3) is 0.667. The molecular weight excluding hydrogens is 280 g/mol. The van der Waals surface area contributed by atoms with Crippen LogP contribution in [-0.2, 0) is 4.79 Å². The predicted octanol–water partition coefficient (Wildman–Crippen LogP) is -0.846. The maximum absolute atomic E-state index is 12.3. The highest BCUT2D eigenvalue weighted by molar-refractivity contribution is 5.93. The molecule has 0 bridgehead atoms. The van der Waals surface area contributed by atoms with Gasteiger partial charge in [0, 0.05) is 13.0 Å². The second-order valence-electron chi connectivity index (χ2n) is 5.31. The van der Waals surface area contributed by atoms with Crippen molar-refractivity contribution in [3.63, 3.8) is 0 Å². The lowest BCUT2D eigenvalue weighted by atomic mass is 10.2. The second-order valence-corrected chi connectivity index (χ2v) is 5.31. The van der Waals surface area contributed by atoms with E-state index in [4.69, 9.17) is 9.63 Å². The molecule has 2 aliphatic rings. The molecule has 0 radical (unpaired) electrons. The van der Waals surface area contributed by atoms with Crippen molar-refractivity contribution in [3.05, 3.63) is 11.7 Å². The van der Waals surface area contributed by atoms with Gasteiger partial charge in [0.15, 0.2) is 0 Å². The van der Waals surface area contributed by atoms with Gasteiger partial charge in [0.1, 0.15) is 6.04 Å². The first kappa shape index (κ1) is 14.0. The molecule has 0 aliphatic carbocycles. The Kier molecular flexibility index (Phi) is 3.60. The lowest BCUT2D eigenvalue weighted by Crippen LogP contribution is -2.41. The van der Waals surface area contributed by atoms with E-state index in [1.807, 2.05) is 0 Å². The number of carbonyl (C=O) groups excluding carboxylic acids is 1. The van der Waals surface area contributed by atoms with Crippen LogP contribution in [0.15, 0.2) is 4.52 Å². The van der Waals surface area contributed by atoms with Crippen molar-refractivity contribution in [1.82, 2.24) is 20.4 Å². The van der Waals surface area contributed by atoms with Crippen LogP contribution in [0.1, 0.15) is 41.8 Å². The molecule has 0 aromatic carbocycles. The van der Waals surface area contributed by atoms with Gasteiger partial charge in [-0.15, -0.1) is 0 Å². The topological polar surface area (TPSA) is 129 Å². The standard InChI is InChI=1S/C12H16N4O5/c17-6-4-8(12(19)20)16(5-6)11(18)9-14-10(21-15-9)7-2-1-3-13-7/h6-8,13,17H,1-5H2,(H,19,20)/t6?,7?,8-/m0/s1. The van der Waals surface area contributed by atoms with Crippen LogP contribution >= 0.6 is 0 Å². The van der Waals surface area contributed by atoms with Gasteiger partial charge in [0.2, 0.25) is 5.89 Å². The molecule has 3 N–H and O–H groups in total. The third-order valence-electron chi connectivity index (χ3n) is 3.82. The van der Waals surface area contributed by atoms with Crippen molar-refractivity contribution >= 4 is 11.9 Å². The number of aliphatic carboxylic acids is 1. The van der Waals surface area contributed by atoms with E-state index in [9.17, 15) is 14.7 Å². The highest BCUT2D eigenvalue weighted by Crippen LogP contribution is 2.23. The van der Waals surface area contributed by atoms with E-state index in [1.165, 1.54) is 0 Å². The smallest absolute Gasteiger partial charge is 0.326 e. The number of likely N-dealkylation sites (tertiary alicyclic amines) is 1. The fourth-order valence-corrected chi connectivity index (χ4v) is 2.76. The summed E-state index contributed by atoms with van der Waals surface area (Å²) in [5.41, 5.74) is 0. The Balaban J connectivity index is 1.76. The van der Waals surface area contributed by atoms with Crippen LogP contribution in [0.5, 0.6) is 0 Å². The molecule has 9 nitrogen and oxygen atoms in total. The fourth-order valence-electron chi connectivity index (χ4n) is 2.76. The SMILES string of the molecule is O=C(O)[C@@H]1CC(O)CN1C(=O)c1noc(C2CCCN2)n1. The minimum absolute atomic E-state index is 0.00988. The first-order chi connectivity index (χ1) is 10.1. The van der Waals surface area contributed by atoms with E-state index in [2.05, 4.69) is 15.5 Å². The molecule has 2 saturated heterocycles. The van der Waals surface area contributed by atoms with Crippen molar-refractivity contribution in [2.75, 3.05) is 13.1 Å². The lowest BCUT2D eigenvalue weighted by molar-refractivity contribution is -0.141. The summed E-state index contributed by atoms with van der Waals surface area (Å²) >= 11 is 0. The maximum atomic E-state index is 12.3. The van der Waals surface area contributed by atoms with Crippen molar-refractivity contribution in [2.24, 2.45) is 0 Å². The van der Waals surface area contributed by atoms with Gasteiger partial charge in [-0.2, -0.15) is 4.98 Å². The molecular formula is C12H16N4O5. The van der Waals surface area contributed by atoms with Crippen LogP contribution in [0.3, 0.4) is 0 Å². The van der Waals surface area contributed by atoms with Gasteiger partial charge in [-0.25, -0.2) is 4.79 Å². The number of hydrogen-bond donors (Lipinski definition) is 3. The molecule has 2 aliphatic heterocycles. The van der Waals surface area contributed by atoms with Crippen molar-refractivity contribution in [1.29, 1.82) is 0 Å². The molecule has 21 heavy (non-hydrogen) atoms. The molecule has 0 saturated carbocycles. The van der Waals surface area contributed by atoms with Gasteiger partial charge in [-0.3, -0.25) is 4.79 Å². The Morgan fingerprint density at radius 1 is 1.43 bits per heavy atom. The molecule has 1 aromatic heterocycles. The number of aromatic nitrogens is 2. The monoisotopic (exact) mass is 296 g/mol. The van der Waals surface area contributed by atoms with E-state index >= 15 is 0 Å². The van der Waals surface area contributed by atoms with Crippen molar-refractivity contribution in [2.45, 2.75) is 37.5 Å². The summed E-state index contributed by atoms with van der Waals surface area (Å²) in [4.78, 5) is 28.5. The Morgan fingerprint density at radius 2 is 2.24 bits per heavy atom. The third kappa shape index (κ3) is 2.61. The number of aliphatic hydroxyl groups excluding tert-OH is 1. The average Bonchev–Trinajstić information content (AvgIpc) is 3.17. The number of amides is 1. The molecule has 3 rings (SSSR count). The van der Waals surface area contributed by atoms with Crippen molar-refractivity contribution < 1.29 is 24.3 Å². The Bertz CT molecular complexity index is 554. The number of hydrogen-bond acceptors (Lipinski definition) is 7. The first-order valence-electron chi connectivity index (χ1n) is 6.85. The molecule has 1 aromatic rings. The van der Waals surface area contributed by atoms with Gasteiger partial charge in [-0.1, -0.05) is 5.16 Å². The first-order valence-corrected chi connectivity index (χ1v) is 6.85. The van der Waals surface area contributed by atoms with Gasteiger partial charge < -0.3 is 25.0 Å². The normalized spacial score (nSPS) is 29.0. The molecule has 3 heterocycles. The van der Waals surface area contributed by atoms with Crippen LogP contribution in [0.2, 0.25) is 0 Å². The van der Waals surface area contributed by atoms with E-state index in [-0.39, 0.29) is 24.8 Å². The largest absolute Gasteiger partial charge is 0.480 e. The number of nitrogens with zero attached hydrogens (tertiary/aromatic N) is 3. The zero-order valence-electron chi connectivity index (χ0n) is 11.2. The summed E-state index contributed by atoms with van der Waals surface area (Å²) in [6.45, 7) is 0.817. The number of nitrogens with one attached hydrogen (secondary N) is 1. The minimum Gasteiger partial charge on any atom is -0.480 e. The summed E-state index contributed by atoms with van der Waals surface area (Å²) in [6.07, 6.45) is 1.01. The molecule has 0 spiro atoms. The molecule has 2 fully saturated rings. The van der Waals surface area contributed by atoms with Gasteiger partial charge in [-0.05, 0) is 19.4 Å². The number of aliphatic hydroxyl groups is 1. The van der Waals surface area contributed by atoms with Gasteiger partial charge in [0.05, 0.1) is 12.1 Å². The van der Waals surface area contributed by atoms with Crippen LogP contribution in [0, 0.1) is 0 Å². The Hall–Kier alpha value is -2.00.